The van der Waals surface area contributed by atoms with E-state index in [9.17, 15) is 0 Å². The van der Waals surface area contributed by atoms with Crippen LogP contribution in [0.25, 0.3) is 0 Å². The van der Waals surface area contributed by atoms with Gasteiger partial charge in [-0.2, -0.15) is 8.42 Å². The normalized spacial score (nSPS) is 9.67. The Morgan fingerprint density at radius 2 is 1.50 bits per heavy atom. The van der Waals surface area contributed by atoms with E-state index in [0.717, 1.165) is 0 Å². The zero-order chi connectivity index (χ0) is 4.50. The average molecular weight is 124 g/mol. The van der Waals surface area contributed by atoms with E-state index in [1.54, 1.807) is 0 Å². The number of hydrogen-bond donors (Lipinski definition) is 2. The first kappa shape index (κ1) is 9.98. The minimum Gasteiger partial charge on any atom is -1.00 e. The zero-order valence-corrected chi connectivity index (χ0v) is 5.94. The van der Waals surface area contributed by atoms with Gasteiger partial charge in [-0.05, 0) is 0 Å². The van der Waals surface area contributed by atoms with Crippen LogP contribution in [0.3, 0.4) is 0 Å². The summed E-state index contributed by atoms with van der Waals surface area (Å²) in [5.41, 5.74) is 0. The van der Waals surface area contributed by atoms with E-state index < -0.39 is 10.4 Å². The molecule has 0 aromatic rings. The maximum atomic E-state index is 8.74. The molecule has 0 rings (SSSR count). The molecule has 6 heavy (non-hydrogen) atoms. The van der Waals surface area contributed by atoms with Crippen LogP contribution in [0.4, 0.5) is 0 Å². The third-order valence-corrected chi connectivity index (χ3v) is 0. The van der Waals surface area contributed by atoms with Crippen LogP contribution in [0.15, 0.2) is 0 Å². The van der Waals surface area contributed by atoms with Crippen molar-refractivity contribution >= 4 is 10.4 Å². The standard InChI is InChI=1S/Na.H2O4S.H2.H/c;1-5(2,3)4;;/h;(H2,1,2,3,4);1H;/q+1;;;-1. The molecule has 0 radical (unpaired) electrons. The first-order valence-electron chi connectivity index (χ1n) is 0.698. The van der Waals surface area contributed by atoms with Gasteiger partial charge in [0.1, 0.15) is 0 Å². The summed E-state index contributed by atoms with van der Waals surface area (Å²) >= 11 is 0. The van der Waals surface area contributed by atoms with Crippen LogP contribution in [0.2, 0.25) is 0 Å². The second kappa shape index (κ2) is 2.95. The van der Waals surface area contributed by atoms with Crippen LogP contribution in [-0.4, -0.2) is 17.5 Å². The maximum Gasteiger partial charge on any atom is 1.00 e. The van der Waals surface area contributed by atoms with Crippen LogP contribution in [0.1, 0.15) is 2.85 Å². The van der Waals surface area contributed by atoms with E-state index in [2.05, 4.69) is 0 Å². The van der Waals surface area contributed by atoms with Crippen LogP contribution < -0.4 is 29.6 Å². The van der Waals surface area contributed by atoms with E-state index >= 15 is 0 Å². The molecule has 0 bridgehead atoms. The Labute approximate surface area is 60.4 Å². The monoisotopic (exact) mass is 124 g/mol. The van der Waals surface area contributed by atoms with Crippen molar-refractivity contribution in [3.8, 4) is 0 Å². The van der Waals surface area contributed by atoms with Crippen molar-refractivity contribution in [3.63, 3.8) is 0 Å². The van der Waals surface area contributed by atoms with Crippen molar-refractivity contribution in [2.75, 3.05) is 0 Å². The van der Waals surface area contributed by atoms with Gasteiger partial charge in [0.15, 0.2) is 0 Å². The third-order valence-electron chi connectivity index (χ3n) is 0. The summed E-state index contributed by atoms with van der Waals surface area (Å²) in [7, 11) is -4.67. The Balaban J connectivity index is -0.0000000267. The molecule has 0 aromatic carbocycles. The Morgan fingerprint density at radius 3 is 1.50 bits per heavy atom. The van der Waals surface area contributed by atoms with Crippen LogP contribution in [0.5, 0.6) is 0 Å². The summed E-state index contributed by atoms with van der Waals surface area (Å²) in [6, 6.07) is 0. The van der Waals surface area contributed by atoms with Gasteiger partial charge in [0, 0.05) is 1.43 Å². The summed E-state index contributed by atoms with van der Waals surface area (Å²) in [5.74, 6) is 0. The smallest absolute Gasteiger partial charge is 1.00 e. The van der Waals surface area contributed by atoms with E-state index in [-0.39, 0.29) is 32.4 Å². The molecule has 4 nitrogen and oxygen atoms in total. The van der Waals surface area contributed by atoms with Crippen LogP contribution in [-0.2, 0) is 10.4 Å². The van der Waals surface area contributed by atoms with Crippen molar-refractivity contribution < 1.29 is 49.9 Å². The fourth-order valence-corrected chi connectivity index (χ4v) is 0. The van der Waals surface area contributed by atoms with Gasteiger partial charge < -0.3 is 1.43 Å². The quantitative estimate of drug-likeness (QED) is 0.262. The molecule has 0 aromatic heterocycles. The summed E-state index contributed by atoms with van der Waals surface area (Å²) in [6.45, 7) is 0. The zero-order valence-electron chi connectivity index (χ0n) is 4.12. The fraction of sp³-hybridized carbons (Fsp3) is 0. The minimum absolute atomic E-state index is 0. The Kier molecular flexibility index (Phi) is 4.91. The van der Waals surface area contributed by atoms with E-state index in [4.69, 9.17) is 17.5 Å². The summed E-state index contributed by atoms with van der Waals surface area (Å²) in [6.07, 6.45) is 0. The third kappa shape index (κ3) is 96.4. The van der Waals surface area contributed by atoms with E-state index in [1.807, 2.05) is 0 Å². The van der Waals surface area contributed by atoms with Gasteiger partial charge in [-0.1, -0.05) is 0 Å². The molecule has 0 spiro atoms. The molecule has 0 aliphatic heterocycles. The molecule has 0 saturated carbocycles. The molecule has 0 amide bonds. The van der Waals surface area contributed by atoms with E-state index in [1.165, 1.54) is 0 Å². The molecule has 0 unspecified atom stereocenters. The SMILES string of the molecule is O=S(=O)(O)O.[H-].[HH].[Na+]. The maximum absolute atomic E-state index is 8.74. The average Bonchev–Trinajstić information content (AvgIpc) is 0.722. The van der Waals surface area contributed by atoms with Crippen molar-refractivity contribution in [3.05, 3.63) is 0 Å². The second-order valence-corrected chi connectivity index (χ2v) is 1.34. The van der Waals surface area contributed by atoms with Gasteiger partial charge in [-0.3, -0.25) is 9.11 Å². The molecule has 36 valence electrons. The molecule has 0 heterocycles. The molecular formula is H5NaO4S. The molecule has 0 atom stereocenters. The van der Waals surface area contributed by atoms with Crippen molar-refractivity contribution in [2.24, 2.45) is 0 Å². The second-order valence-electron chi connectivity index (χ2n) is 0.448. The summed E-state index contributed by atoms with van der Waals surface area (Å²) in [4.78, 5) is 0. The summed E-state index contributed by atoms with van der Waals surface area (Å²) < 4.78 is 31.6. The predicted molar refractivity (Wildman–Crippen MR) is 17.4 cm³/mol. The Morgan fingerprint density at radius 1 is 1.50 bits per heavy atom. The fourth-order valence-electron chi connectivity index (χ4n) is 0. The molecule has 0 saturated heterocycles. The van der Waals surface area contributed by atoms with Gasteiger partial charge in [0.05, 0.1) is 0 Å². The molecule has 0 fully saturated rings. The topological polar surface area (TPSA) is 74.6 Å². The van der Waals surface area contributed by atoms with Crippen molar-refractivity contribution in [2.45, 2.75) is 0 Å². The van der Waals surface area contributed by atoms with Crippen LogP contribution in [0, 0.1) is 0 Å². The Hall–Kier alpha value is 0.870. The molecular weight excluding hydrogens is 119 g/mol. The first-order chi connectivity index (χ1) is 2.00. The minimum atomic E-state index is -4.67. The Bertz CT molecular complexity index is 97.2. The van der Waals surface area contributed by atoms with Gasteiger partial charge in [0.2, 0.25) is 0 Å². The molecule has 0 aliphatic rings. The summed E-state index contributed by atoms with van der Waals surface area (Å²) in [5, 5.41) is 0. The first-order valence-corrected chi connectivity index (χ1v) is 2.10. The van der Waals surface area contributed by atoms with E-state index in [0.29, 0.717) is 0 Å². The molecule has 0 aliphatic carbocycles. The van der Waals surface area contributed by atoms with Gasteiger partial charge in [-0.15, -0.1) is 0 Å². The number of hydrogen-bond acceptors (Lipinski definition) is 2. The predicted octanol–water partition coefficient (Wildman–Crippen LogP) is -3.29. The molecule has 2 N–H and O–H groups in total. The van der Waals surface area contributed by atoms with Gasteiger partial charge >= 0.3 is 40.0 Å². The van der Waals surface area contributed by atoms with Gasteiger partial charge in [0.25, 0.3) is 0 Å². The van der Waals surface area contributed by atoms with Crippen LogP contribution >= 0.6 is 0 Å². The number of rotatable bonds is 0. The van der Waals surface area contributed by atoms with Gasteiger partial charge in [-0.25, -0.2) is 0 Å². The largest absolute Gasteiger partial charge is 1.00 e. The van der Waals surface area contributed by atoms with Crippen molar-refractivity contribution in [1.29, 1.82) is 0 Å². The van der Waals surface area contributed by atoms with Crippen molar-refractivity contribution in [1.82, 2.24) is 0 Å². The molecule has 6 heteroatoms.